The highest BCUT2D eigenvalue weighted by Gasteiger charge is 2.17. The lowest BCUT2D eigenvalue weighted by atomic mass is 10.3. The van der Waals surface area contributed by atoms with Crippen LogP contribution in [0.2, 0.25) is 0 Å². The first kappa shape index (κ1) is 14.2. The summed E-state index contributed by atoms with van der Waals surface area (Å²) in [5.41, 5.74) is 6.25. The molecule has 3 N–H and O–H groups in total. The standard InChI is InChI=1S/C14H19N3O3/c15-11-1-3-12(4-2-11)20-10-6-14(19)17-8-5-13(18)16-7-9-17/h1-4H,5-10,15H2,(H,16,18). The van der Waals surface area contributed by atoms with Crippen LogP contribution in [0.4, 0.5) is 5.69 Å². The van der Waals surface area contributed by atoms with Gasteiger partial charge in [0.25, 0.3) is 0 Å². The minimum atomic E-state index is -0.00146. The second-order valence-electron chi connectivity index (χ2n) is 4.65. The second kappa shape index (κ2) is 6.79. The summed E-state index contributed by atoms with van der Waals surface area (Å²) in [7, 11) is 0. The van der Waals surface area contributed by atoms with E-state index in [1.54, 1.807) is 29.2 Å². The molecular formula is C14H19N3O3. The summed E-state index contributed by atoms with van der Waals surface area (Å²) in [6.07, 6.45) is 0.670. The van der Waals surface area contributed by atoms with Crippen molar-refractivity contribution < 1.29 is 14.3 Å². The maximum atomic E-state index is 12.0. The number of nitrogens with one attached hydrogen (secondary N) is 1. The van der Waals surface area contributed by atoms with Crippen LogP contribution in [-0.4, -0.2) is 43.0 Å². The van der Waals surface area contributed by atoms with Crippen molar-refractivity contribution in [1.29, 1.82) is 0 Å². The summed E-state index contributed by atoms with van der Waals surface area (Å²) in [6.45, 7) is 1.88. The Labute approximate surface area is 117 Å². The highest BCUT2D eigenvalue weighted by atomic mass is 16.5. The SMILES string of the molecule is Nc1ccc(OCCC(=O)N2CCNC(=O)CC2)cc1. The Morgan fingerprint density at radius 2 is 2.05 bits per heavy atom. The number of ether oxygens (including phenoxy) is 1. The van der Waals surface area contributed by atoms with Crippen LogP contribution >= 0.6 is 0 Å². The van der Waals surface area contributed by atoms with Crippen LogP contribution in [0.25, 0.3) is 0 Å². The molecule has 0 unspecified atom stereocenters. The van der Waals surface area contributed by atoms with Crippen LogP contribution < -0.4 is 15.8 Å². The van der Waals surface area contributed by atoms with Gasteiger partial charge in [0.05, 0.1) is 13.0 Å². The van der Waals surface area contributed by atoms with E-state index in [1.165, 1.54) is 0 Å². The number of hydrogen-bond acceptors (Lipinski definition) is 4. The first-order valence-corrected chi connectivity index (χ1v) is 6.68. The first-order valence-electron chi connectivity index (χ1n) is 6.68. The van der Waals surface area contributed by atoms with E-state index in [2.05, 4.69) is 5.32 Å². The van der Waals surface area contributed by atoms with Crippen molar-refractivity contribution in [2.24, 2.45) is 0 Å². The van der Waals surface area contributed by atoms with Crippen molar-refractivity contribution in [3.8, 4) is 5.75 Å². The van der Waals surface area contributed by atoms with Crippen LogP contribution in [0.1, 0.15) is 12.8 Å². The highest BCUT2D eigenvalue weighted by Crippen LogP contribution is 2.13. The van der Waals surface area contributed by atoms with E-state index in [9.17, 15) is 9.59 Å². The number of anilines is 1. The highest BCUT2D eigenvalue weighted by molar-refractivity contribution is 5.80. The van der Waals surface area contributed by atoms with Gasteiger partial charge in [-0.3, -0.25) is 9.59 Å². The molecule has 0 spiro atoms. The van der Waals surface area contributed by atoms with Crippen LogP contribution in [0.3, 0.4) is 0 Å². The Hall–Kier alpha value is -2.24. The molecule has 6 nitrogen and oxygen atoms in total. The van der Waals surface area contributed by atoms with Gasteiger partial charge in [-0.1, -0.05) is 0 Å². The summed E-state index contributed by atoms with van der Waals surface area (Å²) >= 11 is 0. The third-order valence-corrected chi connectivity index (χ3v) is 3.13. The molecule has 0 radical (unpaired) electrons. The summed E-state index contributed by atoms with van der Waals surface area (Å²) in [5.74, 6) is 0.704. The molecule has 20 heavy (non-hydrogen) atoms. The van der Waals surface area contributed by atoms with Crippen LogP contribution in [-0.2, 0) is 9.59 Å². The summed E-state index contributed by atoms with van der Waals surface area (Å²) < 4.78 is 5.49. The molecule has 1 heterocycles. The number of carbonyl (C=O) groups excluding carboxylic acids is 2. The number of benzene rings is 1. The molecule has 2 rings (SSSR count). The van der Waals surface area contributed by atoms with Gasteiger partial charge in [0, 0.05) is 31.7 Å². The number of rotatable bonds is 4. The van der Waals surface area contributed by atoms with E-state index in [-0.39, 0.29) is 11.8 Å². The zero-order valence-corrected chi connectivity index (χ0v) is 11.3. The number of carbonyl (C=O) groups is 2. The summed E-state index contributed by atoms with van der Waals surface area (Å²) in [4.78, 5) is 24.9. The van der Waals surface area contributed by atoms with E-state index < -0.39 is 0 Å². The fourth-order valence-corrected chi connectivity index (χ4v) is 1.99. The molecule has 2 amide bonds. The van der Waals surface area contributed by atoms with Gasteiger partial charge in [0.2, 0.25) is 11.8 Å². The topological polar surface area (TPSA) is 84.7 Å². The number of hydrogen-bond donors (Lipinski definition) is 2. The average molecular weight is 277 g/mol. The third-order valence-electron chi connectivity index (χ3n) is 3.13. The molecule has 1 fully saturated rings. The van der Waals surface area contributed by atoms with E-state index in [1.807, 2.05) is 0 Å². The molecule has 1 aliphatic heterocycles. The van der Waals surface area contributed by atoms with Gasteiger partial charge in [-0.2, -0.15) is 0 Å². The Morgan fingerprint density at radius 3 is 2.80 bits per heavy atom. The molecule has 1 aromatic carbocycles. The molecule has 0 aromatic heterocycles. The molecular weight excluding hydrogens is 258 g/mol. The van der Waals surface area contributed by atoms with Crippen molar-refractivity contribution >= 4 is 17.5 Å². The molecule has 1 aliphatic rings. The lowest BCUT2D eigenvalue weighted by Gasteiger charge is -2.19. The number of nitrogens with zero attached hydrogens (tertiary/aromatic N) is 1. The predicted molar refractivity (Wildman–Crippen MR) is 75.2 cm³/mol. The van der Waals surface area contributed by atoms with Crippen molar-refractivity contribution in [2.45, 2.75) is 12.8 Å². The van der Waals surface area contributed by atoms with E-state index in [4.69, 9.17) is 10.5 Å². The normalized spacial score (nSPS) is 15.4. The summed E-state index contributed by atoms with van der Waals surface area (Å²) in [5, 5.41) is 2.74. The van der Waals surface area contributed by atoms with Crippen molar-refractivity contribution in [1.82, 2.24) is 10.2 Å². The Bertz CT molecular complexity index is 473. The van der Waals surface area contributed by atoms with Gasteiger partial charge in [-0.25, -0.2) is 0 Å². The molecule has 1 aromatic rings. The van der Waals surface area contributed by atoms with E-state index in [0.717, 1.165) is 0 Å². The van der Waals surface area contributed by atoms with Gasteiger partial charge >= 0.3 is 0 Å². The Balaban J connectivity index is 1.74. The van der Waals surface area contributed by atoms with Crippen LogP contribution in [0.15, 0.2) is 24.3 Å². The van der Waals surface area contributed by atoms with Crippen molar-refractivity contribution in [2.75, 3.05) is 32.0 Å². The van der Waals surface area contributed by atoms with E-state index in [0.29, 0.717) is 50.5 Å². The van der Waals surface area contributed by atoms with Crippen molar-refractivity contribution in [3.05, 3.63) is 24.3 Å². The number of nitrogen functional groups attached to an aromatic ring is 1. The minimum Gasteiger partial charge on any atom is -0.493 e. The quantitative estimate of drug-likeness (QED) is 0.780. The molecule has 1 saturated heterocycles. The van der Waals surface area contributed by atoms with Crippen molar-refractivity contribution in [3.63, 3.8) is 0 Å². The molecule has 0 aliphatic carbocycles. The minimum absolute atomic E-state index is 0.00146. The number of nitrogens with two attached hydrogens (primary N) is 1. The molecule has 0 saturated carbocycles. The van der Waals surface area contributed by atoms with Crippen LogP contribution in [0.5, 0.6) is 5.75 Å². The monoisotopic (exact) mass is 277 g/mol. The Morgan fingerprint density at radius 1 is 1.30 bits per heavy atom. The smallest absolute Gasteiger partial charge is 0.226 e. The maximum Gasteiger partial charge on any atom is 0.226 e. The van der Waals surface area contributed by atoms with Gasteiger partial charge in [0.15, 0.2) is 0 Å². The molecule has 0 atom stereocenters. The lowest BCUT2D eigenvalue weighted by Crippen LogP contribution is -2.34. The van der Waals surface area contributed by atoms with Gasteiger partial charge < -0.3 is 20.7 Å². The van der Waals surface area contributed by atoms with E-state index >= 15 is 0 Å². The second-order valence-corrected chi connectivity index (χ2v) is 4.65. The maximum absolute atomic E-state index is 12.0. The summed E-state index contributed by atoms with van der Waals surface area (Å²) in [6, 6.07) is 7.05. The molecule has 6 heteroatoms. The van der Waals surface area contributed by atoms with Gasteiger partial charge in [-0.05, 0) is 24.3 Å². The van der Waals surface area contributed by atoms with Gasteiger partial charge in [-0.15, -0.1) is 0 Å². The fourth-order valence-electron chi connectivity index (χ4n) is 1.99. The molecule has 0 bridgehead atoms. The zero-order valence-electron chi connectivity index (χ0n) is 11.3. The van der Waals surface area contributed by atoms with Gasteiger partial charge in [0.1, 0.15) is 5.75 Å². The molecule has 108 valence electrons. The largest absolute Gasteiger partial charge is 0.493 e. The lowest BCUT2D eigenvalue weighted by molar-refractivity contribution is -0.131. The zero-order chi connectivity index (χ0) is 14.4. The van der Waals surface area contributed by atoms with Crippen LogP contribution in [0, 0.1) is 0 Å². The average Bonchev–Trinajstić information content (AvgIpc) is 2.66. The fraction of sp³-hybridized carbons (Fsp3) is 0.429. The first-order chi connectivity index (χ1) is 9.65. The number of amides is 2. The Kier molecular flexibility index (Phi) is 4.81. The predicted octanol–water partition coefficient (Wildman–Crippen LogP) is 0.386. The third kappa shape index (κ3) is 4.15.